The molecule has 9 heteroatoms. The summed E-state index contributed by atoms with van der Waals surface area (Å²) in [7, 11) is -0.0571. The molecule has 38 heavy (non-hydrogen) atoms. The highest BCUT2D eigenvalue weighted by Crippen LogP contribution is 2.31. The molecule has 2 aromatic carbocycles. The van der Waals surface area contributed by atoms with Crippen molar-refractivity contribution < 1.29 is 22.7 Å². The predicted molar refractivity (Wildman–Crippen MR) is 147 cm³/mol. The quantitative estimate of drug-likeness (QED) is 0.489. The number of carbonyl (C=O) groups is 1. The van der Waals surface area contributed by atoms with Gasteiger partial charge in [-0.2, -0.15) is 0 Å². The molecule has 1 aliphatic carbocycles. The molecule has 1 aliphatic heterocycles. The van der Waals surface area contributed by atoms with Crippen LogP contribution in [0.5, 0.6) is 0 Å². The Bertz CT molecular complexity index is 1390. The number of hydrogen-bond donors (Lipinski definition) is 1. The first-order valence-corrected chi connectivity index (χ1v) is 14.8. The number of morpholine rings is 1. The minimum Gasteiger partial charge on any atom is -0.380 e. The Morgan fingerprint density at radius 2 is 1.82 bits per heavy atom. The zero-order valence-electron chi connectivity index (χ0n) is 22.4. The molecular formula is C29H37N3O5S. The van der Waals surface area contributed by atoms with Gasteiger partial charge in [0.05, 0.1) is 30.8 Å². The highest BCUT2D eigenvalue weighted by molar-refractivity contribution is 7.89. The van der Waals surface area contributed by atoms with E-state index in [1.807, 2.05) is 41.6 Å². The molecule has 2 fully saturated rings. The first-order valence-electron chi connectivity index (χ1n) is 13.3. The fourth-order valence-corrected chi connectivity index (χ4v) is 7.05. The molecule has 3 aromatic rings. The Balaban J connectivity index is 1.26. The first kappa shape index (κ1) is 26.9. The Morgan fingerprint density at radius 3 is 2.50 bits per heavy atom. The lowest BCUT2D eigenvalue weighted by molar-refractivity contribution is -0.144. The molecule has 5 rings (SSSR count). The van der Waals surface area contributed by atoms with Gasteiger partial charge in [0.1, 0.15) is 0 Å². The van der Waals surface area contributed by atoms with Gasteiger partial charge in [0.15, 0.2) is 0 Å². The van der Waals surface area contributed by atoms with E-state index in [0.717, 1.165) is 27.7 Å². The number of aryl methyl sites for hydroxylation is 1. The number of hydrogen-bond acceptors (Lipinski definition) is 5. The number of nitrogens with one attached hydrogen (secondary N) is 1. The second kappa shape index (κ2) is 11.2. The number of carbonyl (C=O) groups excluding carboxylic acids is 1. The highest BCUT2D eigenvalue weighted by Gasteiger charge is 2.34. The van der Waals surface area contributed by atoms with Gasteiger partial charge in [0.25, 0.3) is 0 Å². The van der Waals surface area contributed by atoms with E-state index in [1.54, 1.807) is 19.2 Å². The van der Waals surface area contributed by atoms with E-state index in [-0.39, 0.29) is 28.8 Å². The second-order valence-corrected chi connectivity index (χ2v) is 12.3. The number of methoxy groups -OCH3 is 1. The number of ether oxygens (including phenoxy) is 2. The van der Waals surface area contributed by atoms with Gasteiger partial charge in [-0.15, -0.1) is 0 Å². The van der Waals surface area contributed by atoms with Crippen LogP contribution in [0.1, 0.15) is 38.2 Å². The lowest BCUT2D eigenvalue weighted by Gasteiger charge is -2.37. The summed E-state index contributed by atoms with van der Waals surface area (Å²) in [5, 5.41) is 0.985. The van der Waals surface area contributed by atoms with Crippen molar-refractivity contribution in [1.29, 1.82) is 0 Å². The second-order valence-electron chi connectivity index (χ2n) is 10.6. The van der Waals surface area contributed by atoms with Crippen LogP contribution >= 0.6 is 0 Å². The number of sulfonamides is 1. The van der Waals surface area contributed by atoms with Crippen molar-refractivity contribution in [2.75, 3.05) is 26.9 Å². The Kier molecular flexibility index (Phi) is 7.90. The SMILES string of the molecule is COCc1ccc(-c2cc3ccc(S(=O)(=O)N[C@H]4CC[C@H](C(=O)N5CCOC[C@@H]5C)CC4)cc3n2C)cc1. The van der Waals surface area contributed by atoms with Crippen molar-refractivity contribution in [2.24, 2.45) is 13.0 Å². The maximum Gasteiger partial charge on any atom is 0.240 e. The van der Waals surface area contributed by atoms with Gasteiger partial charge >= 0.3 is 0 Å². The minimum atomic E-state index is -3.69. The van der Waals surface area contributed by atoms with Crippen LogP contribution < -0.4 is 4.72 Å². The summed E-state index contributed by atoms with van der Waals surface area (Å²) >= 11 is 0. The average Bonchev–Trinajstić information content (AvgIpc) is 3.25. The van der Waals surface area contributed by atoms with Crippen molar-refractivity contribution in [3.63, 3.8) is 0 Å². The van der Waals surface area contributed by atoms with Gasteiger partial charge in [0, 0.05) is 49.3 Å². The number of benzene rings is 2. The summed E-state index contributed by atoms with van der Waals surface area (Å²) in [5.41, 5.74) is 4.04. The van der Waals surface area contributed by atoms with Gasteiger partial charge in [-0.1, -0.05) is 30.3 Å². The number of rotatable bonds is 7. The van der Waals surface area contributed by atoms with E-state index < -0.39 is 10.0 Å². The highest BCUT2D eigenvalue weighted by atomic mass is 32.2. The Morgan fingerprint density at radius 1 is 1.08 bits per heavy atom. The third-order valence-electron chi connectivity index (χ3n) is 7.94. The summed E-state index contributed by atoms with van der Waals surface area (Å²) < 4.78 is 42.2. The van der Waals surface area contributed by atoms with Gasteiger partial charge in [-0.05, 0) is 61.9 Å². The van der Waals surface area contributed by atoms with Crippen LogP contribution in [0, 0.1) is 5.92 Å². The summed E-state index contributed by atoms with van der Waals surface area (Å²) in [6, 6.07) is 15.5. The van der Waals surface area contributed by atoms with Crippen LogP contribution in [0.3, 0.4) is 0 Å². The molecule has 0 radical (unpaired) electrons. The van der Waals surface area contributed by atoms with E-state index in [9.17, 15) is 13.2 Å². The number of amides is 1. The molecule has 1 atom stereocenters. The van der Waals surface area contributed by atoms with Crippen molar-refractivity contribution in [3.8, 4) is 11.3 Å². The molecular weight excluding hydrogens is 502 g/mol. The molecule has 0 bridgehead atoms. The molecule has 2 heterocycles. The van der Waals surface area contributed by atoms with E-state index >= 15 is 0 Å². The van der Waals surface area contributed by atoms with E-state index in [4.69, 9.17) is 9.47 Å². The van der Waals surface area contributed by atoms with Crippen LogP contribution in [-0.2, 0) is 37.9 Å². The van der Waals surface area contributed by atoms with E-state index in [0.29, 0.717) is 52.0 Å². The maximum absolute atomic E-state index is 13.3. The van der Waals surface area contributed by atoms with Crippen LogP contribution in [0.2, 0.25) is 0 Å². The van der Waals surface area contributed by atoms with E-state index in [1.165, 1.54) is 0 Å². The van der Waals surface area contributed by atoms with Crippen molar-refractivity contribution in [2.45, 2.75) is 56.2 Å². The summed E-state index contributed by atoms with van der Waals surface area (Å²) in [4.78, 5) is 15.2. The molecule has 1 saturated heterocycles. The van der Waals surface area contributed by atoms with Crippen molar-refractivity contribution in [3.05, 3.63) is 54.1 Å². The smallest absolute Gasteiger partial charge is 0.240 e. The van der Waals surface area contributed by atoms with Gasteiger partial charge in [-0.3, -0.25) is 4.79 Å². The average molecular weight is 540 g/mol. The standard InChI is InChI=1S/C29H37N3O5S/c1-20-18-37-15-14-32(20)29(33)23-8-11-25(12-9-23)30-38(34,35)26-13-10-24-16-27(31(2)28(24)17-26)22-6-4-21(5-7-22)19-36-3/h4-7,10,13,16-17,20,23,25,30H,8-9,11-12,14-15,18-19H2,1-3H3/t20-,23-,25-/m0/s1. The van der Waals surface area contributed by atoms with Crippen molar-refractivity contribution >= 4 is 26.8 Å². The zero-order valence-corrected chi connectivity index (χ0v) is 23.2. The number of fused-ring (bicyclic) bond motifs is 1. The molecule has 0 spiro atoms. The molecule has 204 valence electrons. The van der Waals surface area contributed by atoms with Gasteiger partial charge < -0.3 is 18.9 Å². The van der Waals surface area contributed by atoms with Gasteiger partial charge in [-0.25, -0.2) is 13.1 Å². The normalized spacial score (nSPS) is 22.6. The van der Waals surface area contributed by atoms with Crippen LogP contribution in [-0.4, -0.2) is 62.7 Å². The minimum absolute atomic E-state index is 0.0435. The first-order chi connectivity index (χ1) is 18.3. The fraction of sp³-hybridized carbons (Fsp3) is 0.483. The molecule has 8 nitrogen and oxygen atoms in total. The summed E-state index contributed by atoms with van der Waals surface area (Å²) in [5.74, 6) is 0.137. The maximum atomic E-state index is 13.3. The molecule has 2 aliphatic rings. The van der Waals surface area contributed by atoms with Gasteiger partial charge in [0.2, 0.25) is 15.9 Å². The number of nitrogens with zero attached hydrogens (tertiary/aromatic N) is 2. The van der Waals surface area contributed by atoms with Crippen molar-refractivity contribution in [1.82, 2.24) is 14.2 Å². The molecule has 1 saturated carbocycles. The molecule has 1 N–H and O–H groups in total. The third kappa shape index (κ3) is 5.52. The lowest BCUT2D eigenvalue weighted by Crippen LogP contribution is -2.50. The lowest BCUT2D eigenvalue weighted by atomic mass is 9.85. The summed E-state index contributed by atoms with van der Waals surface area (Å²) in [6.45, 7) is 4.37. The van der Waals surface area contributed by atoms with E-state index in [2.05, 4.69) is 22.9 Å². The Labute approximate surface area is 225 Å². The predicted octanol–water partition coefficient (Wildman–Crippen LogP) is 4.08. The molecule has 0 unspecified atom stereocenters. The third-order valence-corrected chi connectivity index (χ3v) is 9.45. The monoisotopic (exact) mass is 539 g/mol. The number of aromatic nitrogens is 1. The van der Waals surface area contributed by atoms with Crippen LogP contribution in [0.15, 0.2) is 53.4 Å². The van der Waals surface area contributed by atoms with Crippen LogP contribution in [0.4, 0.5) is 0 Å². The van der Waals surface area contributed by atoms with Crippen LogP contribution in [0.25, 0.3) is 22.2 Å². The summed E-state index contributed by atoms with van der Waals surface area (Å²) in [6.07, 6.45) is 2.70. The zero-order chi connectivity index (χ0) is 26.9. The molecule has 1 aromatic heterocycles. The fourth-order valence-electron chi connectivity index (χ4n) is 5.73. The topological polar surface area (TPSA) is 89.9 Å². The Hall–Kier alpha value is -2.72. The largest absolute Gasteiger partial charge is 0.380 e. The molecule has 1 amide bonds.